The molecule has 3 aromatic rings. The number of hydrogen-bond donors (Lipinski definition) is 1. The van der Waals surface area contributed by atoms with Crippen LogP contribution in [0.25, 0.3) is 16.3 Å². The van der Waals surface area contributed by atoms with Gasteiger partial charge in [-0.1, -0.05) is 68.4 Å². The predicted molar refractivity (Wildman–Crippen MR) is 132 cm³/mol. The molecule has 2 aromatic carbocycles. The van der Waals surface area contributed by atoms with Crippen LogP contribution in [0, 0.1) is 0 Å². The highest BCUT2D eigenvalue weighted by molar-refractivity contribution is 7.89. The summed E-state index contributed by atoms with van der Waals surface area (Å²) in [5.41, 5.74) is 1.59. The molecule has 0 spiro atoms. The average Bonchev–Trinajstić information content (AvgIpc) is 3.19. The normalized spacial score (nSPS) is 12.1. The summed E-state index contributed by atoms with van der Waals surface area (Å²) in [5, 5.41) is 3.20. The van der Waals surface area contributed by atoms with Gasteiger partial charge in [-0.05, 0) is 42.7 Å². The van der Waals surface area contributed by atoms with Gasteiger partial charge < -0.3 is 0 Å². The van der Waals surface area contributed by atoms with E-state index in [1.54, 1.807) is 28.6 Å². The number of hydrogen-bond acceptors (Lipinski definition) is 5. The van der Waals surface area contributed by atoms with E-state index in [0.29, 0.717) is 23.7 Å². The van der Waals surface area contributed by atoms with Gasteiger partial charge in [0.25, 0.3) is 0 Å². The standard InChI is InChI=1S/C24H29N3O3S2/c1-3-5-16-27(17-6-4-2)32(29,30)20-13-14-21-22(18-20)31-24(25-21)26-23(28)15-12-19-10-8-7-9-11-19/h7-15,18H,3-6,16-17H2,1-2H3,(H,25,26,28). The molecule has 0 bridgehead atoms. The van der Waals surface area contributed by atoms with Crippen LogP contribution in [0.5, 0.6) is 0 Å². The van der Waals surface area contributed by atoms with E-state index >= 15 is 0 Å². The number of carbonyl (C=O) groups excluding carboxylic acids is 1. The molecule has 0 radical (unpaired) electrons. The van der Waals surface area contributed by atoms with Crippen LogP contribution in [-0.2, 0) is 14.8 Å². The van der Waals surface area contributed by atoms with Crippen molar-refractivity contribution >= 4 is 48.7 Å². The number of rotatable bonds is 11. The van der Waals surface area contributed by atoms with Crippen molar-refractivity contribution in [1.82, 2.24) is 9.29 Å². The van der Waals surface area contributed by atoms with E-state index in [9.17, 15) is 13.2 Å². The fraction of sp³-hybridized carbons (Fsp3) is 0.333. The molecule has 32 heavy (non-hydrogen) atoms. The van der Waals surface area contributed by atoms with Gasteiger partial charge in [0.05, 0.1) is 15.1 Å². The van der Waals surface area contributed by atoms with Crippen LogP contribution < -0.4 is 5.32 Å². The van der Waals surface area contributed by atoms with Crippen LogP contribution in [-0.4, -0.2) is 36.7 Å². The first-order valence-electron chi connectivity index (χ1n) is 10.9. The van der Waals surface area contributed by atoms with E-state index in [-0.39, 0.29) is 10.8 Å². The summed E-state index contributed by atoms with van der Waals surface area (Å²) in [6, 6.07) is 14.5. The molecule has 0 aliphatic carbocycles. The Morgan fingerprint density at radius 3 is 2.41 bits per heavy atom. The number of fused-ring (bicyclic) bond motifs is 1. The Morgan fingerprint density at radius 2 is 1.75 bits per heavy atom. The first-order chi connectivity index (χ1) is 15.4. The number of aromatic nitrogens is 1. The maximum Gasteiger partial charge on any atom is 0.250 e. The molecule has 0 aliphatic heterocycles. The number of nitrogens with one attached hydrogen (secondary N) is 1. The predicted octanol–water partition coefficient (Wildman–Crippen LogP) is 5.54. The van der Waals surface area contributed by atoms with Crippen molar-refractivity contribution < 1.29 is 13.2 Å². The molecule has 0 fully saturated rings. The number of nitrogens with zero attached hydrogens (tertiary/aromatic N) is 2. The van der Waals surface area contributed by atoms with Crippen molar-refractivity contribution in [3.8, 4) is 0 Å². The fourth-order valence-corrected chi connectivity index (χ4v) is 5.70. The Morgan fingerprint density at radius 1 is 1.06 bits per heavy atom. The van der Waals surface area contributed by atoms with Crippen LogP contribution in [0.2, 0.25) is 0 Å². The quantitative estimate of drug-likeness (QED) is 0.373. The summed E-state index contributed by atoms with van der Waals surface area (Å²) in [7, 11) is -3.58. The first-order valence-corrected chi connectivity index (χ1v) is 13.1. The number of carbonyl (C=O) groups is 1. The Hall–Kier alpha value is -2.55. The SMILES string of the molecule is CCCCN(CCCC)S(=O)(=O)c1ccc2nc(NC(=O)C=Cc3ccccc3)sc2c1. The van der Waals surface area contributed by atoms with Crippen LogP contribution in [0.3, 0.4) is 0 Å². The lowest BCUT2D eigenvalue weighted by molar-refractivity contribution is -0.111. The van der Waals surface area contributed by atoms with Gasteiger partial charge in [-0.3, -0.25) is 10.1 Å². The second-order valence-corrected chi connectivity index (χ2v) is 10.5. The minimum Gasteiger partial charge on any atom is -0.298 e. The van der Waals surface area contributed by atoms with Gasteiger partial charge in [0, 0.05) is 19.2 Å². The van der Waals surface area contributed by atoms with Crippen molar-refractivity contribution in [2.75, 3.05) is 18.4 Å². The molecule has 1 N–H and O–H groups in total. The molecule has 1 aromatic heterocycles. The molecule has 0 saturated carbocycles. The molecular weight excluding hydrogens is 442 g/mol. The Kier molecular flexibility index (Phi) is 8.55. The Labute approximate surface area is 194 Å². The van der Waals surface area contributed by atoms with Gasteiger partial charge in [-0.15, -0.1) is 0 Å². The van der Waals surface area contributed by atoms with Crippen LogP contribution in [0.1, 0.15) is 45.1 Å². The Bertz CT molecular complexity index is 1160. The van der Waals surface area contributed by atoms with E-state index in [1.807, 2.05) is 30.3 Å². The fourth-order valence-electron chi connectivity index (χ4n) is 3.17. The van der Waals surface area contributed by atoms with Gasteiger partial charge >= 0.3 is 0 Å². The van der Waals surface area contributed by atoms with E-state index in [1.165, 1.54) is 17.4 Å². The molecule has 0 unspecified atom stereocenters. The van der Waals surface area contributed by atoms with Crippen molar-refractivity contribution in [3.05, 3.63) is 60.2 Å². The van der Waals surface area contributed by atoms with E-state index in [2.05, 4.69) is 24.1 Å². The molecule has 1 heterocycles. The lowest BCUT2D eigenvalue weighted by Gasteiger charge is -2.21. The second kappa shape index (κ2) is 11.4. The highest BCUT2D eigenvalue weighted by Crippen LogP contribution is 2.29. The van der Waals surface area contributed by atoms with Gasteiger partial charge in [0.15, 0.2) is 5.13 Å². The average molecular weight is 472 g/mol. The number of unbranched alkanes of at least 4 members (excludes halogenated alkanes) is 2. The van der Waals surface area contributed by atoms with Crippen molar-refractivity contribution in [2.24, 2.45) is 0 Å². The lowest BCUT2D eigenvalue weighted by atomic mass is 10.2. The van der Waals surface area contributed by atoms with Crippen LogP contribution >= 0.6 is 11.3 Å². The summed E-state index contributed by atoms with van der Waals surface area (Å²) in [4.78, 5) is 16.9. The zero-order valence-corrected chi connectivity index (χ0v) is 20.1. The van der Waals surface area contributed by atoms with E-state index < -0.39 is 10.0 Å². The smallest absolute Gasteiger partial charge is 0.250 e. The lowest BCUT2D eigenvalue weighted by Crippen LogP contribution is -2.33. The number of benzene rings is 2. The molecule has 0 saturated heterocycles. The maximum absolute atomic E-state index is 13.2. The number of thiazole rings is 1. The summed E-state index contributed by atoms with van der Waals surface area (Å²) in [5.74, 6) is -0.286. The van der Waals surface area contributed by atoms with Gasteiger partial charge in [-0.25, -0.2) is 13.4 Å². The monoisotopic (exact) mass is 471 g/mol. The van der Waals surface area contributed by atoms with E-state index in [0.717, 1.165) is 35.9 Å². The number of sulfonamides is 1. The number of anilines is 1. The molecule has 170 valence electrons. The molecule has 0 atom stereocenters. The molecule has 8 heteroatoms. The summed E-state index contributed by atoms with van der Waals surface area (Å²) >= 11 is 1.27. The topological polar surface area (TPSA) is 79.4 Å². The van der Waals surface area contributed by atoms with Gasteiger partial charge in [0.2, 0.25) is 15.9 Å². The maximum atomic E-state index is 13.2. The second-order valence-electron chi connectivity index (χ2n) is 7.49. The van der Waals surface area contributed by atoms with Gasteiger partial charge in [-0.2, -0.15) is 4.31 Å². The molecule has 1 amide bonds. The zero-order valence-electron chi connectivity index (χ0n) is 18.5. The molecule has 3 rings (SSSR count). The minimum atomic E-state index is -3.58. The minimum absolute atomic E-state index is 0.266. The van der Waals surface area contributed by atoms with E-state index in [4.69, 9.17) is 0 Å². The summed E-state index contributed by atoms with van der Waals surface area (Å²) < 4.78 is 28.8. The number of amides is 1. The largest absolute Gasteiger partial charge is 0.298 e. The third kappa shape index (κ3) is 6.25. The molecule has 0 aliphatic rings. The van der Waals surface area contributed by atoms with Crippen LogP contribution in [0.15, 0.2) is 59.5 Å². The molecule has 6 nitrogen and oxygen atoms in total. The van der Waals surface area contributed by atoms with Crippen molar-refractivity contribution in [2.45, 2.75) is 44.4 Å². The van der Waals surface area contributed by atoms with Gasteiger partial charge in [0.1, 0.15) is 0 Å². The van der Waals surface area contributed by atoms with Crippen molar-refractivity contribution in [1.29, 1.82) is 0 Å². The zero-order chi connectivity index (χ0) is 23.0. The third-order valence-corrected chi connectivity index (χ3v) is 7.80. The summed E-state index contributed by atoms with van der Waals surface area (Å²) in [6.45, 7) is 5.15. The molecular formula is C24H29N3O3S2. The highest BCUT2D eigenvalue weighted by Gasteiger charge is 2.24. The first kappa shape index (κ1) is 24.1. The summed E-state index contributed by atoms with van der Waals surface area (Å²) in [6.07, 6.45) is 6.73. The van der Waals surface area contributed by atoms with Crippen LogP contribution in [0.4, 0.5) is 5.13 Å². The van der Waals surface area contributed by atoms with Crippen molar-refractivity contribution in [3.63, 3.8) is 0 Å². The Balaban J connectivity index is 1.77. The third-order valence-electron chi connectivity index (χ3n) is 4.98. The highest BCUT2D eigenvalue weighted by atomic mass is 32.2.